The normalized spacial score (nSPS) is 23.0. The van der Waals surface area contributed by atoms with Gasteiger partial charge in [0.2, 0.25) is 11.8 Å². The van der Waals surface area contributed by atoms with Crippen LogP contribution >= 0.6 is 11.8 Å². The van der Waals surface area contributed by atoms with E-state index in [1.807, 2.05) is 60.7 Å². The van der Waals surface area contributed by atoms with Crippen molar-refractivity contribution in [3.63, 3.8) is 0 Å². The Morgan fingerprint density at radius 1 is 1.03 bits per heavy atom. The number of benzene rings is 2. The molecule has 1 aliphatic carbocycles. The van der Waals surface area contributed by atoms with Crippen molar-refractivity contribution in [2.75, 3.05) is 4.90 Å². The number of nitrogens with zero attached hydrogens (tertiary/aromatic N) is 2. The molecule has 3 aliphatic rings. The molecule has 1 saturated carbocycles. The van der Waals surface area contributed by atoms with E-state index in [9.17, 15) is 14.4 Å². The molecule has 39 heavy (non-hydrogen) atoms. The molecule has 3 heterocycles. The highest BCUT2D eigenvalue weighted by molar-refractivity contribution is 8.01. The first kappa shape index (κ1) is 25.0. The number of hydrogen-bond donors (Lipinski definition) is 3. The van der Waals surface area contributed by atoms with E-state index in [1.54, 1.807) is 11.1 Å². The molecule has 4 atom stereocenters. The average Bonchev–Trinajstić information content (AvgIpc) is 3.55. The summed E-state index contributed by atoms with van der Waals surface area (Å²) >= 11 is 1.36. The number of pyridine rings is 1. The van der Waals surface area contributed by atoms with E-state index < -0.39 is 11.3 Å². The number of urea groups is 1. The molecule has 3 N–H and O–H groups in total. The van der Waals surface area contributed by atoms with Crippen LogP contribution in [0.1, 0.15) is 30.9 Å². The minimum absolute atomic E-state index is 0.00919. The van der Waals surface area contributed by atoms with Gasteiger partial charge in [0, 0.05) is 23.8 Å². The molecule has 2 aromatic carbocycles. The van der Waals surface area contributed by atoms with E-state index >= 15 is 0 Å². The fraction of sp³-hybridized carbons (Fsp3) is 0.241. The van der Waals surface area contributed by atoms with E-state index in [0.29, 0.717) is 23.5 Å². The number of thioether (sulfide) groups is 1. The number of amides is 4. The molecule has 1 aromatic heterocycles. The van der Waals surface area contributed by atoms with Gasteiger partial charge in [0.25, 0.3) is 0 Å². The number of para-hydroxylation sites is 1. The Morgan fingerprint density at radius 2 is 1.74 bits per heavy atom. The van der Waals surface area contributed by atoms with E-state index in [2.05, 4.69) is 27.5 Å². The van der Waals surface area contributed by atoms with Crippen LogP contribution in [0, 0.1) is 0 Å². The summed E-state index contributed by atoms with van der Waals surface area (Å²) < 4.78 is 5.89. The van der Waals surface area contributed by atoms with Crippen LogP contribution in [-0.4, -0.2) is 40.2 Å². The topological polar surface area (TPSA) is 113 Å². The number of nitrogens with one attached hydrogen (secondary N) is 3. The standard InChI is InChI=1S/C29H27N5O4S/c1-2-23(35)31-17-8-9-18(16-17)32-27(36)26-25-24-22(14-15-30-28(24)39-26)34(29(37)33-25)19-10-12-21(13-11-19)38-20-6-4-3-5-7-20/h2-7,10-15,17-18,25-26H,1,8-9,16H2,(H,31,35)(H,32,36)(H,33,37). The highest BCUT2D eigenvalue weighted by Crippen LogP contribution is 2.50. The van der Waals surface area contributed by atoms with Crippen molar-refractivity contribution in [3.8, 4) is 11.5 Å². The van der Waals surface area contributed by atoms with Gasteiger partial charge in [0.15, 0.2) is 0 Å². The number of rotatable bonds is 7. The van der Waals surface area contributed by atoms with Gasteiger partial charge in [-0.25, -0.2) is 9.78 Å². The highest BCUT2D eigenvalue weighted by atomic mass is 32.2. The number of hydrogen-bond acceptors (Lipinski definition) is 6. The van der Waals surface area contributed by atoms with Crippen LogP contribution in [0.5, 0.6) is 11.5 Å². The summed E-state index contributed by atoms with van der Waals surface area (Å²) in [4.78, 5) is 44.5. The monoisotopic (exact) mass is 541 g/mol. The van der Waals surface area contributed by atoms with Gasteiger partial charge in [-0.2, -0.15) is 0 Å². The first-order valence-electron chi connectivity index (χ1n) is 12.8. The Labute approximate surface area is 230 Å². The lowest BCUT2D eigenvalue weighted by Crippen LogP contribution is -2.50. The zero-order valence-electron chi connectivity index (χ0n) is 21.0. The zero-order chi connectivity index (χ0) is 26.9. The van der Waals surface area contributed by atoms with Gasteiger partial charge < -0.3 is 20.7 Å². The van der Waals surface area contributed by atoms with E-state index in [1.165, 1.54) is 17.8 Å². The molecule has 4 unspecified atom stereocenters. The lowest BCUT2D eigenvalue weighted by Gasteiger charge is -2.34. The number of anilines is 2. The second kappa shape index (κ2) is 10.5. The maximum absolute atomic E-state index is 13.4. The van der Waals surface area contributed by atoms with Crippen molar-refractivity contribution in [1.29, 1.82) is 0 Å². The van der Waals surface area contributed by atoms with Crippen molar-refractivity contribution >= 4 is 41.0 Å². The molecule has 0 saturated heterocycles. The first-order chi connectivity index (χ1) is 19.0. The Kier molecular flexibility index (Phi) is 6.70. The Balaban J connectivity index is 1.18. The predicted molar refractivity (Wildman–Crippen MR) is 148 cm³/mol. The van der Waals surface area contributed by atoms with Crippen LogP contribution in [0.25, 0.3) is 0 Å². The smallest absolute Gasteiger partial charge is 0.327 e. The van der Waals surface area contributed by atoms with Crippen molar-refractivity contribution in [2.24, 2.45) is 0 Å². The van der Waals surface area contributed by atoms with Crippen molar-refractivity contribution < 1.29 is 19.1 Å². The molecule has 1 fully saturated rings. The Bertz CT molecular complexity index is 1430. The molecule has 2 aliphatic heterocycles. The van der Waals surface area contributed by atoms with E-state index in [4.69, 9.17) is 4.74 Å². The molecular weight excluding hydrogens is 514 g/mol. The molecular formula is C29H27N5O4S. The van der Waals surface area contributed by atoms with Gasteiger partial charge >= 0.3 is 6.03 Å². The van der Waals surface area contributed by atoms with Crippen LogP contribution < -0.4 is 25.6 Å². The van der Waals surface area contributed by atoms with Crippen molar-refractivity contribution in [3.05, 3.63) is 85.1 Å². The summed E-state index contributed by atoms with van der Waals surface area (Å²) in [5.74, 6) is 1.03. The molecule has 198 valence electrons. The summed E-state index contributed by atoms with van der Waals surface area (Å²) in [6.07, 6.45) is 5.15. The third-order valence-corrected chi connectivity index (χ3v) is 8.44. The molecule has 0 spiro atoms. The third-order valence-electron chi connectivity index (χ3n) is 7.15. The molecule has 0 radical (unpaired) electrons. The maximum atomic E-state index is 13.4. The quantitative estimate of drug-likeness (QED) is 0.377. The summed E-state index contributed by atoms with van der Waals surface area (Å²) in [5, 5.41) is 9.26. The SMILES string of the molecule is C=CC(=O)NC1CCC(NC(=O)C2Sc3nccc4c3C2NC(=O)N4c2ccc(Oc3ccccc3)cc2)C1. The van der Waals surface area contributed by atoms with Crippen LogP contribution in [-0.2, 0) is 9.59 Å². The molecule has 4 amide bonds. The predicted octanol–water partition coefficient (Wildman–Crippen LogP) is 4.59. The van der Waals surface area contributed by atoms with Crippen molar-refractivity contribution in [1.82, 2.24) is 20.9 Å². The third kappa shape index (κ3) is 4.95. The van der Waals surface area contributed by atoms with Gasteiger partial charge in [-0.1, -0.05) is 36.5 Å². The maximum Gasteiger partial charge on any atom is 0.327 e. The fourth-order valence-corrected chi connectivity index (χ4v) is 6.59. The summed E-state index contributed by atoms with van der Waals surface area (Å²) in [7, 11) is 0. The fourth-order valence-electron chi connectivity index (χ4n) is 5.36. The molecule has 6 rings (SSSR count). The minimum atomic E-state index is -0.539. The van der Waals surface area contributed by atoms with E-state index in [-0.39, 0.29) is 29.9 Å². The average molecular weight is 542 g/mol. The van der Waals surface area contributed by atoms with E-state index in [0.717, 1.165) is 29.2 Å². The van der Waals surface area contributed by atoms with Crippen LogP contribution in [0.4, 0.5) is 16.2 Å². The van der Waals surface area contributed by atoms with Gasteiger partial charge in [-0.15, -0.1) is 0 Å². The van der Waals surface area contributed by atoms with Crippen LogP contribution in [0.2, 0.25) is 0 Å². The summed E-state index contributed by atoms with van der Waals surface area (Å²) in [6, 6.07) is 17.8. The second-order valence-electron chi connectivity index (χ2n) is 9.69. The van der Waals surface area contributed by atoms with Crippen LogP contribution in [0.15, 0.2) is 84.5 Å². The lowest BCUT2D eigenvalue weighted by molar-refractivity contribution is -0.121. The molecule has 10 heteroatoms. The molecule has 9 nitrogen and oxygen atoms in total. The van der Waals surface area contributed by atoms with Gasteiger partial charge in [0.1, 0.15) is 21.8 Å². The number of carbonyl (C=O) groups excluding carboxylic acids is 3. The number of carbonyl (C=O) groups is 3. The zero-order valence-corrected chi connectivity index (χ0v) is 21.8. The first-order valence-corrected chi connectivity index (χ1v) is 13.7. The summed E-state index contributed by atoms with van der Waals surface area (Å²) in [5.41, 5.74) is 2.23. The summed E-state index contributed by atoms with van der Waals surface area (Å²) in [6.45, 7) is 3.49. The largest absolute Gasteiger partial charge is 0.457 e. The highest BCUT2D eigenvalue weighted by Gasteiger charge is 2.47. The Hall–Kier alpha value is -4.31. The number of aromatic nitrogens is 1. The lowest BCUT2D eigenvalue weighted by atomic mass is 9.99. The van der Waals surface area contributed by atoms with Gasteiger partial charge in [-0.3, -0.25) is 14.5 Å². The van der Waals surface area contributed by atoms with Crippen molar-refractivity contribution in [2.45, 2.75) is 47.7 Å². The molecule has 0 bridgehead atoms. The number of ether oxygens (including phenoxy) is 1. The van der Waals surface area contributed by atoms with Crippen LogP contribution in [0.3, 0.4) is 0 Å². The minimum Gasteiger partial charge on any atom is -0.457 e. The molecule has 3 aromatic rings. The Morgan fingerprint density at radius 3 is 2.49 bits per heavy atom. The van der Waals surface area contributed by atoms with Gasteiger partial charge in [0.05, 0.1) is 17.4 Å². The second-order valence-corrected chi connectivity index (χ2v) is 10.8. The van der Waals surface area contributed by atoms with Gasteiger partial charge in [-0.05, 0) is 67.8 Å².